The molecule has 1 aliphatic rings. The van der Waals surface area contributed by atoms with E-state index in [1.807, 2.05) is 6.92 Å². The molecule has 34 heavy (non-hydrogen) atoms. The van der Waals surface area contributed by atoms with E-state index >= 15 is 0 Å². The number of hydrogen-bond donors (Lipinski definition) is 0. The van der Waals surface area contributed by atoms with Crippen LogP contribution in [-0.2, 0) is 21.2 Å². The van der Waals surface area contributed by atoms with Gasteiger partial charge in [0.05, 0.1) is 15.3 Å². The Labute approximate surface area is 201 Å². The van der Waals surface area contributed by atoms with Crippen LogP contribution in [0.15, 0.2) is 68.7 Å². The highest BCUT2D eigenvalue weighted by Crippen LogP contribution is 2.39. The summed E-state index contributed by atoms with van der Waals surface area (Å²) in [6.45, 7) is 2.00. The molecule has 1 heterocycles. The van der Waals surface area contributed by atoms with Gasteiger partial charge in [-0.05, 0) is 43.0 Å². The molecule has 5 rings (SSSR count). The number of carbonyl (C=O) groups is 1. The molecule has 176 valence electrons. The van der Waals surface area contributed by atoms with E-state index in [1.54, 1.807) is 54.6 Å². The lowest BCUT2D eigenvalue weighted by atomic mass is 9.88. The number of aryl methyl sites for hydroxylation is 1. The summed E-state index contributed by atoms with van der Waals surface area (Å²) in [5.74, 6) is -0.782. The van der Waals surface area contributed by atoms with E-state index in [-0.39, 0.29) is 16.5 Å². The fraction of sp³-hybridized carbons (Fsp3) is 0.308. The van der Waals surface area contributed by atoms with Crippen LogP contribution in [0.1, 0.15) is 44.6 Å². The van der Waals surface area contributed by atoms with Gasteiger partial charge in [0.2, 0.25) is 5.91 Å². The van der Waals surface area contributed by atoms with Crippen molar-refractivity contribution in [2.24, 2.45) is 5.92 Å². The van der Waals surface area contributed by atoms with Gasteiger partial charge >= 0.3 is 4.94 Å². The summed E-state index contributed by atoms with van der Waals surface area (Å²) in [5, 5.41) is 1.15. The van der Waals surface area contributed by atoms with Gasteiger partial charge in [0.25, 0.3) is 10.0 Å². The van der Waals surface area contributed by atoms with Crippen molar-refractivity contribution >= 4 is 54.0 Å². The first-order chi connectivity index (χ1) is 16.4. The highest BCUT2D eigenvalue weighted by Gasteiger charge is 2.37. The van der Waals surface area contributed by atoms with Gasteiger partial charge in [0.15, 0.2) is 5.58 Å². The number of amides is 1. The maximum absolute atomic E-state index is 14.0. The first-order valence-electron chi connectivity index (χ1n) is 11.5. The molecule has 0 spiro atoms. The molecule has 4 aromatic rings. The van der Waals surface area contributed by atoms with Gasteiger partial charge in [0.1, 0.15) is 0 Å². The van der Waals surface area contributed by atoms with Crippen molar-refractivity contribution in [3.05, 3.63) is 69.9 Å². The highest BCUT2D eigenvalue weighted by atomic mass is 32.2. The van der Waals surface area contributed by atoms with E-state index in [1.165, 1.54) is 0 Å². The molecule has 0 saturated heterocycles. The quantitative estimate of drug-likeness (QED) is 0.346. The fourth-order valence-corrected chi connectivity index (χ4v) is 6.94. The van der Waals surface area contributed by atoms with Gasteiger partial charge in [-0.3, -0.25) is 4.79 Å². The monoisotopic (exact) mass is 495 g/mol. The van der Waals surface area contributed by atoms with Gasteiger partial charge in [-0.15, -0.1) is 0 Å². The van der Waals surface area contributed by atoms with E-state index in [9.17, 15) is 18.0 Å². The van der Waals surface area contributed by atoms with Crippen LogP contribution < -0.4 is 9.24 Å². The molecule has 0 bridgehead atoms. The van der Waals surface area contributed by atoms with E-state index in [2.05, 4.69) is 0 Å². The number of hydrogen-bond acceptors (Lipinski definition) is 6. The topological polar surface area (TPSA) is 84.7 Å². The van der Waals surface area contributed by atoms with E-state index in [0.717, 1.165) is 46.9 Å². The summed E-state index contributed by atoms with van der Waals surface area (Å²) >= 11 is 0.902. The molecule has 1 aromatic heterocycles. The Bertz CT molecular complexity index is 1530. The Morgan fingerprint density at radius 2 is 1.71 bits per heavy atom. The highest BCUT2D eigenvalue weighted by molar-refractivity contribution is 7.93. The molecule has 0 unspecified atom stereocenters. The molecule has 0 radical (unpaired) electrons. The first-order valence-corrected chi connectivity index (χ1v) is 13.8. The van der Waals surface area contributed by atoms with Crippen LogP contribution in [0.5, 0.6) is 0 Å². The standard InChI is InChI=1S/C26H25NO5S2/c1-2-17-12-14-19(15-13-17)34(30,31)27(25(28)18-8-4-3-5-9-18)22-16-23-24(32-26(29)33-23)21-11-7-6-10-20(21)22/h6-7,10-16,18H,2-5,8-9H2,1H3. The van der Waals surface area contributed by atoms with Gasteiger partial charge < -0.3 is 4.42 Å². The third kappa shape index (κ3) is 3.95. The van der Waals surface area contributed by atoms with Crippen LogP contribution in [0.3, 0.4) is 0 Å². The van der Waals surface area contributed by atoms with Gasteiger partial charge in [0, 0.05) is 16.7 Å². The van der Waals surface area contributed by atoms with E-state index in [4.69, 9.17) is 4.42 Å². The van der Waals surface area contributed by atoms with Crippen LogP contribution >= 0.6 is 11.3 Å². The third-order valence-corrected chi connectivity index (χ3v) is 9.06. The van der Waals surface area contributed by atoms with Gasteiger partial charge in [-0.2, -0.15) is 0 Å². The largest absolute Gasteiger partial charge is 0.413 e. The van der Waals surface area contributed by atoms with Gasteiger partial charge in [-0.1, -0.05) is 73.9 Å². The molecule has 1 fully saturated rings. The minimum Gasteiger partial charge on any atom is -0.413 e. The number of sulfonamides is 1. The third-order valence-electron chi connectivity index (χ3n) is 6.56. The van der Waals surface area contributed by atoms with Crippen molar-refractivity contribution in [1.82, 2.24) is 0 Å². The van der Waals surface area contributed by atoms with Crippen LogP contribution in [0.4, 0.5) is 5.69 Å². The molecule has 1 aliphatic carbocycles. The molecule has 6 nitrogen and oxygen atoms in total. The predicted octanol–water partition coefficient (Wildman–Crippen LogP) is 5.87. The van der Waals surface area contributed by atoms with Crippen molar-refractivity contribution in [3.8, 4) is 0 Å². The molecular formula is C26H25NO5S2. The van der Waals surface area contributed by atoms with Crippen molar-refractivity contribution in [1.29, 1.82) is 0 Å². The van der Waals surface area contributed by atoms with Crippen molar-refractivity contribution in [2.75, 3.05) is 4.31 Å². The minimum absolute atomic E-state index is 0.0680. The van der Waals surface area contributed by atoms with Crippen molar-refractivity contribution in [3.63, 3.8) is 0 Å². The minimum atomic E-state index is -4.20. The van der Waals surface area contributed by atoms with Crippen molar-refractivity contribution < 1.29 is 17.6 Å². The normalized spacial score (nSPS) is 15.1. The summed E-state index contributed by atoms with van der Waals surface area (Å²) in [5.41, 5.74) is 1.68. The lowest BCUT2D eigenvalue weighted by Crippen LogP contribution is -2.41. The summed E-state index contributed by atoms with van der Waals surface area (Å²) in [6.07, 6.45) is 4.97. The Morgan fingerprint density at radius 3 is 2.38 bits per heavy atom. The Hall–Kier alpha value is -2.97. The lowest BCUT2D eigenvalue weighted by molar-refractivity contribution is -0.122. The Balaban J connectivity index is 1.76. The smallest absolute Gasteiger partial charge is 0.396 e. The lowest BCUT2D eigenvalue weighted by Gasteiger charge is -2.29. The fourth-order valence-electron chi connectivity index (χ4n) is 4.73. The zero-order valence-corrected chi connectivity index (χ0v) is 20.5. The first kappa shape index (κ1) is 22.8. The molecule has 3 aromatic carbocycles. The summed E-state index contributed by atoms with van der Waals surface area (Å²) in [7, 11) is -4.20. The number of anilines is 1. The molecule has 1 saturated carbocycles. The van der Waals surface area contributed by atoms with Crippen LogP contribution in [0.25, 0.3) is 21.1 Å². The second-order valence-electron chi connectivity index (χ2n) is 8.66. The maximum atomic E-state index is 14.0. The number of benzene rings is 3. The van der Waals surface area contributed by atoms with Crippen LogP contribution in [0, 0.1) is 5.92 Å². The average molecular weight is 496 g/mol. The number of nitrogens with zero attached hydrogens (tertiary/aromatic N) is 1. The predicted molar refractivity (Wildman–Crippen MR) is 135 cm³/mol. The van der Waals surface area contributed by atoms with Crippen molar-refractivity contribution in [2.45, 2.75) is 50.3 Å². The maximum Gasteiger partial charge on any atom is 0.396 e. The Morgan fingerprint density at radius 1 is 1.03 bits per heavy atom. The van der Waals surface area contributed by atoms with Crippen LogP contribution in [0.2, 0.25) is 0 Å². The molecule has 0 N–H and O–H groups in total. The second kappa shape index (κ2) is 9.00. The molecular weight excluding hydrogens is 470 g/mol. The summed E-state index contributed by atoms with van der Waals surface area (Å²) < 4.78 is 34.9. The molecule has 0 atom stereocenters. The second-order valence-corrected chi connectivity index (χ2v) is 11.4. The SMILES string of the molecule is CCc1ccc(S(=O)(=O)N(C(=O)C2CCCCC2)c2cc3sc(=O)oc3c3ccccc23)cc1. The average Bonchev–Trinajstić information content (AvgIpc) is 3.25. The number of carbonyl (C=O) groups excluding carboxylic acids is 1. The summed E-state index contributed by atoms with van der Waals surface area (Å²) in [6, 6.07) is 15.4. The number of fused-ring (bicyclic) bond motifs is 3. The zero-order chi connectivity index (χ0) is 23.9. The number of rotatable bonds is 5. The van der Waals surface area contributed by atoms with E-state index in [0.29, 0.717) is 33.9 Å². The molecule has 0 aliphatic heterocycles. The van der Waals surface area contributed by atoms with E-state index < -0.39 is 20.9 Å². The molecule has 8 heteroatoms. The molecule has 1 amide bonds. The van der Waals surface area contributed by atoms with Gasteiger partial charge in [-0.25, -0.2) is 17.5 Å². The zero-order valence-electron chi connectivity index (χ0n) is 18.8. The summed E-state index contributed by atoms with van der Waals surface area (Å²) in [4.78, 5) is 25.5. The van der Waals surface area contributed by atoms with Crippen LogP contribution in [-0.4, -0.2) is 14.3 Å². The Kier molecular flexibility index (Phi) is 6.04.